The molecule has 0 radical (unpaired) electrons. The highest BCUT2D eigenvalue weighted by molar-refractivity contribution is 5.76. The largest absolute Gasteiger partial charge is 0.508 e. The molecule has 5 rings (SSSR count). The van der Waals surface area contributed by atoms with Gasteiger partial charge in [0.15, 0.2) is 0 Å². The first-order valence-corrected chi connectivity index (χ1v) is 15.8. The van der Waals surface area contributed by atoms with Crippen molar-refractivity contribution in [3.05, 3.63) is 65.7 Å². The molecule has 2 N–H and O–H groups in total. The van der Waals surface area contributed by atoms with Crippen molar-refractivity contribution in [2.45, 2.75) is 95.9 Å². The summed E-state index contributed by atoms with van der Waals surface area (Å²) in [6.45, 7) is 9.90. The van der Waals surface area contributed by atoms with Crippen LogP contribution >= 0.6 is 0 Å². The van der Waals surface area contributed by atoms with E-state index in [1.165, 1.54) is 61.1 Å². The number of piperidine rings is 1. The van der Waals surface area contributed by atoms with Gasteiger partial charge in [-0.05, 0) is 74.6 Å². The van der Waals surface area contributed by atoms with Gasteiger partial charge in [-0.25, -0.2) is 0 Å². The number of nitrogens with zero attached hydrogens (tertiary/aromatic N) is 1. The zero-order chi connectivity index (χ0) is 27.3. The number of benzene rings is 2. The minimum atomic E-state index is 0.0485. The number of aromatic hydroxyl groups is 1. The third-order valence-electron chi connectivity index (χ3n) is 9.99. The molecule has 3 fully saturated rings. The van der Waals surface area contributed by atoms with E-state index in [1.54, 1.807) is 6.07 Å². The molecule has 4 atom stereocenters. The fourth-order valence-corrected chi connectivity index (χ4v) is 8.16. The fraction of sp³-hybridized carbons (Fsp3) is 0.629. The number of amides is 1. The third-order valence-corrected chi connectivity index (χ3v) is 9.99. The van der Waals surface area contributed by atoms with Crippen LogP contribution in [0.5, 0.6) is 5.75 Å². The van der Waals surface area contributed by atoms with E-state index in [0.717, 1.165) is 50.9 Å². The van der Waals surface area contributed by atoms with Crippen molar-refractivity contribution in [3.63, 3.8) is 0 Å². The van der Waals surface area contributed by atoms with Gasteiger partial charge in [-0.15, -0.1) is 0 Å². The molecule has 1 saturated heterocycles. The van der Waals surface area contributed by atoms with E-state index in [9.17, 15) is 9.90 Å². The van der Waals surface area contributed by atoms with Gasteiger partial charge < -0.3 is 14.9 Å². The summed E-state index contributed by atoms with van der Waals surface area (Å²) < 4.78 is 1.29. The molecule has 2 saturated carbocycles. The van der Waals surface area contributed by atoms with Crippen molar-refractivity contribution < 1.29 is 14.4 Å². The Morgan fingerprint density at radius 2 is 1.85 bits per heavy atom. The molecule has 0 spiro atoms. The maximum Gasteiger partial charge on any atom is 0.220 e. The molecule has 2 aromatic rings. The summed E-state index contributed by atoms with van der Waals surface area (Å²) in [7, 11) is 0. The highest BCUT2D eigenvalue weighted by Gasteiger charge is 2.54. The number of carbonyl (C=O) groups excluding carboxylic acids is 1. The van der Waals surface area contributed by atoms with Gasteiger partial charge in [-0.2, -0.15) is 0 Å². The van der Waals surface area contributed by atoms with Gasteiger partial charge in [0.25, 0.3) is 0 Å². The first-order valence-electron chi connectivity index (χ1n) is 15.8. The number of unbranched alkanes of at least 4 members (excludes halogenated alkanes) is 2. The number of phenolic OH excluding ortho intramolecular Hbond substituents is 1. The SMILES string of the molecule is CC(C)C[N@+]1(CC2CC2)CC[C@]2(c3cccc(O)c3)C[C@H](NC(=O)CCCCCc3ccccc3)CCC2C1. The molecule has 1 amide bonds. The predicted molar refractivity (Wildman–Crippen MR) is 160 cm³/mol. The monoisotopic (exact) mass is 531 g/mol. The summed E-state index contributed by atoms with van der Waals surface area (Å²) in [5, 5.41) is 13.9. The van der Waals surface area contributed by atoms with Gasteiger partial charge in [0.1, 0.15) is 5.75 Å². The molecular formula is C35H51N2O2+. The van der Waals surface area contributed by atoms with Gasteiger partial charge >= 0.3 is 0 Å². The van der Waals surface area contributed by atoms with E-state index in [1.807, 2.05) is 12.1 Å². The molecule has 0 bridgehead atoms. The maximum absolute atomic E-state index is 13.0. The smallest absolute Gasteiger partial charge is 0.220 e. The van der Waals surface area contributed by atoms with E-state index >= 15 is 0 Å². The number of nitrogens with one attached hydrogen (secondary N) is 1. The molecule has 2 aliphatic carbocycles. The lowest BCUT2D eigenvalue weighted by Gasteiger charge is -2.57. The molecule has 3 aliphatic rings. The molecule has 1 unspecified atom stereocenters. The Balaban J connectivity index is 1.21. The molecular weight excluding hydrogens is 480 g/mol. The van der Waals surface area contributed by atoms with Gasteiger partial charge in [-0.1, -0.05) is 62.7 Å². The van der Waals surface area contributed by atoms with E-state index in [-0.39, 0.29) is 17.4 Å². The summed E-state index contributed by atoms with van der Waals surface area (Å²) >= 11 is 0. The Hall–Kier alpha value is -2.33. The number of aryl methyl sites for hydroxylation is 1. The summed E-state index contributed by atoms with van der Waals surface area (Å²) in [5.41, 5.74) is 2.73. The number of likely N-dealkylation sites (tertiary alicyclic amines) is 1. The van der Waals surface area contributed by atoms with Gasteiger partial charge in [0, 0.05) is 42.1 Å². The molecule has 2 aromatic carbocycles. The lowest BCUT2D eigenvalue weighted by molar-refractivity contribution is -0.942. The van der Waals surface area contributed by atoms with E-state index in [4.69, 9.17) is 0 Å². The average Bonchev–Trinajstić information content (AvgIpc) is 3.72. The second kappa shape index (κ2) is 12.5. The molecule has 1 aliphatic heterocycles. The number of rotatable bonds is 12. The van der Waals surface area contributed by atoms with Crippen LogP contribution in [0.3, 0.4) is 0 Å². The fourth-order valence-electron chi connectivity index (χ4n) is 8.16. The normalized spacial score (nSPS) is 28.7. The standard InChI is InChI=1S/C35H50N2O2/c1-27(2)24-37(25-29-16-17-29)21-20-35(30-13-9-14-33(38)22-30)23-32(19-18-31(35)26-37)36-34(39)15-8-4-7-12-28-10-5-3-6-11-28/h3,5-6,9-11,13-14,22,27,29,31-32H,4,7-8,12,15-21,23-26H2,1-2H3,(H-,36,38,39)/p+1/t31?,32-,35-,37+/m1/s1. The summed E-state index contributed by atoms with van der Waals surface area (Å²) in [6.07, 6.45) is 12.2. The zero-order valence-electron chi connectivity index (χ0n) is 24.4. The zero-order valence-corrected chi connectivity index (χ0v) is 24.4. The van der Waals surface area contributed by atoms with Crippen LogP contribution in [0, 0.1) is 17.8 Å². The van der Waals surface area contributed by atoms with Gasteiger partial charge in [-0.3, -0.25) is 4.79 Å². The van der Waals surface area contributed by atoms with Crippen molar-refractivity contribution in [2.75, 3.05) is 26.2 Å². The van der Waals surface area contributed by atoms with Crippen LogP contribution in [-0.2, 0) is 16.6 Å². The summed E-state index contributed by atoms with van der Waals surface area (Å²) in [4.78, 5) is 13.0. The quantitative estimate of drug-likeness (QED) is 0.229. The number of fused-ring (bicyclic) bond motifs is 1. The molecule has 4 heteroatoms. The van der Waals surface area contributed by atoms with Crippen molar-refractivity contribution in [3.8, 4) is 5.75 Å². The van der Waals surface area contributed by atoms with Crippen LogP contribution in [0.15, 0.2) is 54.6 Å². The minimum absolute atomic E-state index is 0.0485. The van der Waals surface area contributed by atoms with E-state index in [0.29, 0.717) is 24.0 Å². The number of carbonyl (C=O) groups is 1. The maximum atomic E-state index is 13.0. The Morgan fingerprint density at radius 1 is 1.03 bits per heavy atom. The Bertz CT molecular complexity index is 1080. The topological polar surface area (TPSA) is 49.3 Å². The van der Waals surface area contributed by atoms with E-state index in [2.05, 4.69) is 55.6 Å². The lowest BCUT2D eigenvalue weighted by atomic mass is 9.57. The highest BCUT2D eigenvalue weighted by atomic mass is 16.3. The van der Waals surface area contributed by atoms with Crippen molar-refractivity contribution in [1.82, 2.24) is 5.32 Å². The van der Waals surface area contributed by atoms with Crippen LogP contribution in [0.4, 0.5) is 0 Å². The van der Waals surface area contributed by atoms with Crippen LogP contribution in [0.1, 0.15) is 89.2 Å². The number of phenols is 1. The van der Waals surface area contributed by atoms with Crippen molar-refractivity contribution in [2.24, 2.45) is 17.8 Å². The first-order chi connectivity index (χ1) is 18.9. The minimum Gasteiger partial charge on any atom is -0.508 e. The van der Waals surface area contributed by atoms with Gasteiger partial charge in [0.05, 0.1) is 26.2 Å². The lowest BCUT2D eigenvalue weighted by Crippen LogP contribution is -2.64. The van der Waals surface area contributed by atoms with Gasteiger partial charge in [0.2, 0.25) is 5.91 Å². The average molecular weight is 532 g/mol. The van der Waals surface area contributed by atoms with Crippen molar-refractivity contribution in [1.29, 1.82) is 0 Å². The summed E-state index contributed by atoms with van der Waals surface area (Å²) in [6, 6.07) is 19.0. The second-order valence-electron chi connectivity index (χ2n) is 13.7. The number of quaternary nitrogens is 1. The summed E-state index contributed by atoms with van der Waals surface area (Å²) in [5.74, 6) is 2.84. The predicted octanol–water partition coefficient (Wildman–Crippen LogP) is 7.00. The Kier molecular flexibility index (Phi) is 9.01. The van der Waals surface area contributed by atoms with E-state index < -0.39 is 0 Å². The number of hydrogen-bond acceptors (Lipinski definition) is 2. The van der Waals surface area contributed by atoms with Crippen LogP contribution in [0.25, 0.3) is 0 Å². The Labute approximate surface area is 236 Å². The second-order valence-corrected chi connectivity index (χ2v) is 13.7. The molecule has 212 valence electrons. The van der Waals surface area contributed by atoms with Crippen LogP contribution in [0.2, 0.25) is 0 Å². The van der Waals surface area contributed by atoms with Crippen molar-refractivity contribution >= 4 is 5.91 Å². The van der Waals surface area contributed by atoms with Crippen LogP contribution < -0.4 is 5.32 Å². The number of hydrogen-bond donors (Lipinski definition) is 2. The first kappa shape index (κ1) is 28.2. The third kappa shape index (κ3) is 7.25. The molecule has 39 heavy (non-hydrogen) atoms. The van der Waals surface area contributed by atoms with Crippen LogP contribution in [-0.4, -0.2) is 47.7 Å². The molecule has 1 heterocycles. The molecule has 0 aromatic heterocycles. The Morgan fingerprint density at radius 3 is 2.59 bits per heavy atom. The molecule has 4 nitrogen and oxygen atoms in total. The highest BCUT2D eigenvalue weighted by Crippen LogP contribution is 2.52.